The summed E-state index contributed by atoms with van der Waals surface area (Å²) >= 11 is 0. The van der Waals surface area contributed by atoms with Gasteiger partial charge in [-0.1, -0.05) is 143 Å². The first-order valence-electron chi connectivity index (χ1n) is 21.1. The first kappa shape index (κ1) is 39.4. The van der Waals surface area contributed by atoms with Crippen molar-refractivity contribution in [3.8, 4) is 0 Å². The van der Waals surface area contributed by atoms with Crippen molar-refractivity contribution in [2.45, 2.75) is 71.6 Å². The van der Waals surface area contributed by atoms with E-state index in [-0.39, 0.29) is 0 Å². The van der Waals surface area contributed by atoms with Crippen molar-refractivity contribution in [3.63, 3.8) is 0 Å². The Morgan fingerprint density at radius 1 is 0.780 bits per heavy atom. The number of rotatable bonds is 13. The van der Waals surface area contributed by atoms with Crippen LogP contribution in [0, 0.1) is 6.92 Å². The van der Waals surface area contributed by atoms with Gasteiger partial charge in [0.25, 0.3) is 0 Å². The molecule has 8 rings (SSSR count). The zero-order valence-corrected chi connectivity index (χ0v) is 34.8. The van der Waals surface area contributed by atoms with Crippen molar-refractivity contribution in [1.29, 1.82) is 0 Å². The van der Waals surface area contributed by atoms with Crippen molar-refractivity contribution < 1.29 is 0 Å². The number of hydrogen-bond acceptors (Lipinski definition) is 3. The van der Waals surface area contributed by atoms with Crippen LogP contribution in [0.25, 0.3) is 62.3 Å². The van der Waals surface area contributed by atoms with Gasteiger partial charge in [-0.15, -0.1) is 0 Å². The number of nitrogens with zero attached hydrogens (tertiary/aromatic N) is 3. The molecule has 0 spiro atoms. The van der Waals surface area contributed by atoms with Crippen molar-refractivity contribution >= 4 is 73.7 Å². The van der Waals surface area contributed by atoms with E-state index < -0.39 is 0 Å². The molecule has 0 N–H and O–H groups in total. The number of aliphatic imine (C=N–C) groups is 1. The Balaban J connectivity index is 1.08. The number of hydrogen-bond donors (Lipinski definition) is 0. The predicted octanol–water partition coefficient (Wildman–Crippen LogP) is 15.0. The van der Waals surface area contributed by atoms with Crippen molar-refractivity contribution in [3.05, 3.63) is 191 Å². The number of allylic oxidation sites excluding steroid dienone is 8. The van der Waals surface area contributed by atoms with Crippen LogP contribution in [0.3, 0.4) is 0 Å². The fourth-order valence-electron chi connectivity index (χ4n) is 9.15. The number of pyridine rings is 2. The van der Waals surface area contributed by atoms with Crippen LogP contribution in [0.1, 0.15) is 107 Å². The molecule has 2 aliphatic rings. The highest BCUT2D eigenvalue weighted by molar-refractivity contribution is 6.08. The van der Waals surface area contributed by atoms with Gasteiger partial charge in [-0.05, 0) is 143 Å². The monoisotopic (exact) mass is 767 g/mol. The van der Waals surface area contributed by atoms with Crippen molar-refractivity contribution in [2.75, 3.05) is 0 Å². The third-order valence-electron chi connectivity index (χ3n) is 12.2. The van der Waals surface area contributed by atoms with E-state index in [0.717, 1.165) is 107 Å². The second-order valence-corrected chi connectivity index (χ2v) is 15.7. The highest BCUT2D eigenvalue weighted by Gasteiger charge is 2.22. The van der Waals surface area contributed by atoms with Crippen LogP contribution >= 0.6 is 0 Å². The van der Waals surface area contributed by atoms with Gasteiger partial charge in [-0.25, -0.2) is 4.98 Å². The summed E-state index contributed by atoms with van der Waals surface area (Å²) < 4.78 is 0. The summed E-state index contributed by atoms with van der Waals surface area (Å²) in [5.41, 5.74) is 16.8. The molecule has 2 aromatic heterocycles. The van der Waals surface area contributed by atoms with Gasteiger partial charge >= 0.3 is 0 Å². The van der Waals surface area contributed by atoms with E-state index >= 15 is 0 Å². The fourth-order valence-corrected chi connectivity index (χ4v) is 9.15. The van der Waals surface area contributed by atoms with Gasteiger partial charge in [0, 0.05) is 33.8 Å². The first-order valence-corrected chi connectivity index (χ1v) is 21.1. The van der Waals surface area contributed by atoms with Gasteiger partial charge in [0.2, 0.25) is 0 Å². The zero-order valence-electron chi connectivity index (χ0n) is 34.8. The topological polar surface area (TPSA) is 38.1 Å². The molecule has 3 nitrogen and oxygen atoms in total. The summed E-state index contributed by atoms with van der Waals surface area (Å²) in [5, 5.41) is 5.99. The van der Waals surface area contributed by atoms with Gasteiger partial charge in [-0.3, -0.25) is 9.98 Å². The van der Waals surface area contributed by atoms with E-state index in [2.05, 4.69) is 150 Å². The Morgan fingerprint density at radius 2 is 1.58 bits per heavy atom. The molecule has 1 atom stereocenters. The minimum Gasteiger partial charge on any atom is -0.253 e. The minimum atomic E-state index is 0.303. The quantitative estimate of drug-likeness (QED) is 0.110. The molecule has 6 aromatic rings. The second-order valence-electron chi connectivity index (χ2n) is 15.7. The molecule has 0 radical (unpaired) electrons. The maximum Gasteiger partial charge on any atom is 0.0964 e. The van der Waals surface area contributed by atoms with Crippen molar-refractivity contribution in [2.24, 2.45) is 4.99 Å². The van der Waals surface area contributed by atoms with Gasteiger partial charge in [0.15, 0.2) is 0 Å². The highest BCUT2D eigenvalue weighted by Crippen LogP contribution is 2.40. The van der Waals surface area contributed by atoms with E-state index in [0.29, 0.717) is 5.92 Å². The van der Waals surface area contributed by atoms with Crippen LogP contribution in [-0.4, -0.2) is 15.7 Å². The van der Waals surface area contributed by atoms with Crippen LogP contribution < -0.4 is 0 Å². The average Bonchev–Trinajstić information content (AvgIpc) is 3.28. The SMILES string of the molecule is C=Cc1nc(CC/C=C\C(=C/C)c2ccc3ccc(C4=Nc5c(ccc6ccc(C7C=CC=CC7)nc56)CC4)cc3c2)c2c(CCC)c(C=C)c(C=C)c(C=C)c2c1C. The lowest BCUT2D eigenvalue weighted by Crippen LogP contribution is -2.08. The van der Waals surface area contributed by atoms with Crippen LogP contribution in [0.5, 0.6) is 0 Å². The molecule has 3 heteroatoms. The highest BCUT2D eigenvalue weighted by atomic mass is 14.8. The molecule has 3 heterocycles. The summed E-state index contributed by atoms with van der Waals surface area (Å²) in [5.74, 6) is 0.303. The van der Waals surface area contributed by atoms with Crippen LogP contribution in [-0.2, 0) is 19.3 Å². The molecule has 0 fully saturated rings. The standard InChI is InChI=1S/C56H53N3/c1-8-19-48-46(11-4)45(10-3)47(12-5)53-36(7)49(13-6)57-52(54(48)53)23-18-17-20-37(9-2)42-28-24-38-25-29-43(35-44(38)34-42)51-33-31-41-27-26-40-30-32-50(39-21-15-14-16-22-39)58-55(40)56(41)59-51/h9-17,20-21,24-30,32,34-35,39H,3-6,8,18-19,22-23,31,33H2,1-2,7H3/b20-17-,37-9+. The molecule has 0 saturated carbocycles. The van der Waals surface area contributed by atoms with E-state index in [1.54, 1.807) is 0 Å². The Bertz CT molecular complexity index is 2850. The third-order valence-corrected chi connectivity index (χ3v) is 12.2. The Kier molecular flexibility index (Phi) is 11.5. The lowest BCUT2D eigenvalue weighted by atomic mass is 9.84. The van der Waals surface area contributed by atoms with Crippen LogP contribution in [0.15, 0.2) is 135 Å². The molecule has 1 aliphatic carbocycles. The molecule has 0 saturated heterocycles. The third kappa shape index (κ3) is 7.43. The molecule has 1 aliphatic heterocycles. The molecule has 0 amide bonds. The summed E-state index contributed by atoms with van der Waals surface area (Å²) in [6.07, 6.45) is 29.7. The average molecular weight is 768 g/mol. The van der Waals surface area contributed by atoms with E-state index in [1.165, 1.54) is 49.4 Å². The molecule has 0 bridgehead atoms. The van der Waals surface area contributed by atoms with Gasteiger partial charge < -0.3 is 0 Å². The lowest BCUT2D eigenvalue weighted by molar-refractivity contribution is 0.822. The molecular weight excluding hydrogens is 715 g/mol. The molecular formula is C56H53N3. The normalized spacial score (nSPS) is 15.2. The molecule has 4 aromatic carbocycles. The summed E-state index contributed by atoms with van der Waals surface area (Å²) in [6.45, 7) is 23.2. The Hall–Kier alpha value is -6.45. The molecule has 59 heavy (non-hydrogen) atoms. The Morgan fingerprint density at radius 3 is 2.32 bits per heavy atom. The number of benzene rings is 4. The van der Waals surface area contributed by atoms with Gasteiger partial charge in [0.1, 0.15) is 0 Å². The van der Waals surface area contributed by atoms with E-state index in [4.69, 9.17) is 15.0 Å². The summed E-state index contributed by atoms with van der Waals surface area (Å²) in [7, 11) is 0. The smallest absolute Gasteiger partial charge is 0.0964 e. The predicted molar refractivity (Wildman–Crippen MR) is 258 cm³/mol. The second kappa shape index (κ2) is 17.2. The van der Waals surface area contributed by atoms with E-state index in [9.17, 15) is 0 Å². The number of aromatic nitrogens is 2. The van der Waals surface area contributed by atoms with Gasteiger partial charge in [-0.2, -0.15) is 0 Å². The van der Waals surface area contributed by atoms with Crippen molar-refractivity contribution in [1.82, 2.24) is 9.97 Å². The summed E-state index contributed by atoms with van der Waals surface area (Å²) in [6, 6.07) is 22.4. The van der Waals surface area contributed by atoms with Crippen LogP contribution in [0.4, 0.5) is 5.69 Å². The Labute approximate surface area is 350 Å². The lowest BCUT2D eigenvalue weighted by Gasteiger charge is -2.22. The maximum atomic E-state index is 5.34. The fraction of sp³-hybridized carbons (Fsp3) is 0.196. The van der Waals surface area contributed by atoms with Crippen LogP contribution in [0.2, 0.25) is 0 Å². The summed E-state index contributed by atoms with van der Waals surface area (Å²) in [4.78, 5) is 15.8. The minimum absolute atomic E-state index is 0.303. The molecule has 292 valence electrons. The zero-order chi connectivity index (χ0) is 41.0. The van der Waals surface area contributed by atoms with Gasteiger partial charge in [0.05, 0.1) is 16.9 Å². The number of aryl methyl sites for hydroxylation is 4. The largest absolute Gasteiger partial charge is 0.253 e. The van der Waals surface area contributed by atoms with E-state index in [1.807, 2.05) is 24.3 Å². The first-order chi connectivity index (χ1) is 28.9. The molecule has 1 unspecified atom stereocenters. The number of fused-ring (bicyclic) bond motifs is 5. The maximum absolute atomic E-state index is 5.34.